The number of hydrogen-bond acceptors (Lipinski definition) is 5. The predicted octanol–water partition coefficient (Wildman–Crippen LogP) is 2.43. The van der Waals surface area contributed by atoms with Crippen molar-refractivity contribution in [3.63, 3.8) is 0 Å². The van der Waals surface area contributed by atoms with E-state index in [1.165, 1.54) is 6.07 Å². The van der Waals surface area contributed by atoms with Crippen molar-refractivity contribution >= 4 is 43.0 Å². The van der Waals surface area contributed by atoms with E-state index in [2.05, 4.69) is 21.2 Å². The van der Waals surface area contributed by atoms with Crippen LogP contribution in [0.4, 0.5) is 17.1 Å². The molecule has 2 aromatic rings. The molecule has 0 aromatic heterocycles. The van der Waals surface area contributed by atoms with Gasteiger partial charge in [0.05, 0.1) is 18.5 Å². The van der Waals surface area contributed by atoms with Crippen molar-refractivity contribution in [2.75, 3.05) is 18.2 Å². The monoisotopic (exact) mass is 371 g/mol. The third-order valence-corrected chi connectivity index (χ3v) is 4.19. The molecule has 0 aliphatic heterocycles. The van der Waals surface area contributed by atoms with E-state index < -0.39 is 10.0 Å². The van der Waals surface area contributed by atoms with Crippen molar-refractivity contribution in [1.82, 2.24) is 0 Å². The lowest BCUT2D eigenvalue weighted by atomic mass is 10.2. The number of para-hydroxylation sites is 1. The van der Waals surface area contributed by atoms with Crippen molar-refractivity contribution in [2.45, 2.75) is 4.90 Å². The molecule has 0 saturated carbocycles. The van der Waals surface area contributed by atoms with Crippen molar-refractivity contribution in [1.29, 1.82) is 0 Å². The van der Waals surface area contributed by atoms with Crippen LogP contribution in [0.5, 0.6) is 5.75 Å². The molecule has 0 heterocycles. The minimum atomic E-state index is -3.87. The smallest absolute Gasteiger partial charge is 0.240 e. The topological polar surface area (TPSA) is 107 Å². The lowest BCUT2D eigenvalue weighted by Gasteiger charge is -2.13. The van der Waals surface area contributed by atoms with Gasteiger partial charge in [-0.15, -0.1) is 0 Å². The Morgan fingerprint density at radius 3 is 2.57 bits per heavy atom. The number of primary sulfonamides is 1. The van der Waals surface area contributed by atoms with Crippen LogP contribution in [0.15, 0.2) is 45.8 Å². The Morgan fingerprint density at radius 2 is 1.95 bits per heavy atom. The molecule has 2 rings (SSSR count). The molecule has 0 amide bonds. The standard InChI is InChI=1S/C13H14BrN3O3S/c1-20-10-6-8(14)5-9(7-10)17-11-3-2-4-12(13(11)15)21(16,18)19/h2-7,17H,15H2,1H3,(H2,16,18,19). The SMILES string of the molecule is COc1cc(Br)cc(Nc2cccc(S(N)(=O)=O)c2N)c1. The summed E-state index contributed by atoms with van der Waals surface area (Å²) in [5.41, 5.74) is 7.07. The Kier molecular flexibility index (Phi) is 4.40. The largest absolute Gasteiger partial charge is 0.497 e. The highest BCUT2D eigenvalue weighted by molar-refractivity contribution is 9.10. The van der Waals surface area contributed by atoms with Crippen LogP contribution in [0.25, 0.3) is 0 Å². The van der Waals surface area contributed by atoms with Crippen molar-refractivity contribution in [3.8, 4) is 5.75 Å². The Morgan fingerprint density at radius 1 is 1.24 bits per heavy atom. The number of nitrogen functional groups attached to an aromatic ring is 1. The second-order valence-electron chi connectivity index (χ2n) is 4.27. The number of anilines is 3. The van der Waals surface area contributed by atoms with Gasteiger partial charge in [-0.05, 0) is 24.3 Å². The Bertz CT molecular complexity index is 778. The molecule has 0 aliphatic carbocycles. The van der Waals surface area contributed by atoms with E-state index in [-0.39, 0.29) is 10.6 Å². The van der Waals surface area contributed by atoms with Crippen LogP contribution in [-0.4, -0.2) is 15.5 Å². The normalized spacial score (nSPS) is 11.2. The summed E-state index contributed by atoms with van der Waals surface area (Å²) >= 11 is 3.36. The summed E-state index contributed by atoms with van der Waals surface area (Å²) in [4.78, 5) is -0.116. The number of hydrogen-bond donors (Lipinski definition) is 3. The third-order valence-electron chi connectivity index (χ3n) is 2.76. The van der Waals surface area contributed by atoms with Gasteiger partial charge in [0.1, 0.15) is 10.6 Å². The van der Waals surface area contributed by atoms with Gasteiger partial charge in [-0.25, -0.2) is 13.6 Å². The number of nitrogens with one attached hydrogen (secondary N) is 1. The average molecular weight is 372 g/mol. The fourth-order valence-electron chi connectivity index (χ4n) is 1.81. The van der Waals surface area contributed by atoms with Gasteiger partial charge in [0.2, 0.25) is 10.0 Å². The molecule has 0 spiro atoms. The fourth-order valence-corrected chi connectivity index (χ4v) is 2.97. The number of sulfonamides is 1. The van der Waals surface area contributed by atoms with Gasteiger partial charge in [-0.1, -0.05) is 22.0 Å². The maximum Gasteiger partial charge on any atom is 0.240 e. The molecule has 6 nitrogen and oxygen atoms in total. The number of nitrogens with two attached hydrogens (primary N) is 2. The highest BCUT2D eigenvalue weighted by Gasteiger charge is 2.15. The summed E-state index contributed by atoms with van der Waals surface area (Å²) in [6.45, 7) is 0. The molecular weight excluding hydrogens is 358 g/mol. The number of halogens is 1. The van der Waals surface area contributed by atoms with Gasteiger partial charge in [0.25, 0.3) is 0 Å². The second-order valence-corrected chi connectivity index (χ2v) is 6.71. The Hall–Kier alpha value is -1.77. The first kappa shape index (κ1) is 15.6. The van der Waals surface area contributed by atoms with E-state index in [1.54, 1.807) is 31.4 Å². The second kappa shape index (κ2) is 5.92. The van der Waals surface area contributed by atoms with Gasteiger partial charge < -0.3 is 15.8 Å². The summed E-state index contributed by atoms with van der Waals surface area (Å²) in [6, 6.07) is 9.96. The maximum atomic E-state index is 11.5. The minimum absolute atomic E-state index is 0.0685. The number of methoxy groups -OCH3 is 1. The van der Waals surface area contributed by atoms with Crippen LogP contribution >= 0.6 is 15.9 Å². The van der Waals surface area contributed by atoms with Gasteiger partial charge >= 0.3 is 0 Å². The van der Waals surface area contributed by atoms with Crippen LogP contribution in [0.3, 0.4) is 0 Å². The van der Waals surface area contributed by atoms with Crippen LogP contribution < -0.4 is 20.9 Å². The van der Waals surface area contributed by atoms with Gasteiger partial charge in [0, 0.05) is 16.2 Å². The quantitative estimate of drug-likeness (QED) is 0.715. The maximum absolute atomic E-state index is 11.5. The predicted molar refractivity (Wildman–Crippen MR) is 86.2 cm³/mol. The van der Waals surface area contributed by atoms with Gasteiger partial charge in [0.15, 0.2) is 0 Å². The van der Waals surface area contributed by atoms with Gasteiger partial charge in [-0.3, -0.25) is 0 Å². The molecule has 0 saturated heterocycles. The molecule has 2 aromatic carbocycles. The zero-order valence-electron chi connectivity index (χ0n) is 11.1. The van der Waals surface area contributed by atoms with E-state index in [1.807, 2.05) is 6.07 Å². The van der Waals surface area contributed by atoms with Crippen LogP contribution in [0, 0.1) is 0 Å². The van der Waals surface area contributed by atoms with E-state index >= 15 is 0 Å². The number of ether oxygens (including phenoxy) is 1. The molecular formula is C13H14BrN3O3S. The molecule has 0 unspecified atom stereocenters. The first-order valence-electron chi connectivity index (χ1n) is 5.84. The molecule has 0 atom stereocenters. The highest BCUT2D eigenvalue weighted by Crippen LogP contribution is 2.31. The van der Waals surface area contributed by atoms with E-state index in [0.717, 1.165) is 4.47 Å². The Labute approximate surface area is 131 Å². The highest BCUT2D eigenvalue weighted by atomic mass is 79.9. The number of benzene rings is 2. The summed E-state index contributed by atoms with van der Waals surface area (Å²) in [5, 5.41) is 8.17. The number of rotatable bonds is 4. The molecule has 21 heavy (non-hydrogen) atoms. The zero-order chi connectivity index (χ0) is 15.6. The Balaban J connectivity index is 2.43. The summed E-state index contributed by atoms with van der Waals surface area (Å²) in [6.07, 6.45) is 0. The first-order valence-corrected chi connectivity index (χ1v) is 8.18. The molecule has 0 fully saturated rings. The minimum Gasteiger partial charge on any atom is -0.497 e. The molecule has 5 N–H and O–H groups in total. The fraction of sp³-hybridized carbons (Fsp3) is 0.0769. The summed E-state index contributed by atoms with van der Waals surface area (Å²) in [5.74, 6) is 0.646. The van der Waals surface area contributed by atoms with E-state index in [0.29, 0.717) is 17.1 Å². The average Bonchev–Trinajstić information content (AvgIpc) is 2.39. The summed E-state index contributed by atoms with van der Waals surface area (Å²) in [7, 11) is -2.31. The molecule has 0 bridgehead atoms. The van der Waals surface area contributed by atoms with E-state index in [9.17, 15) is 8.42 Å². The van der Waals surface area contributed by atoms with Crippen molar-refractivity contribution in [2.24, 2.45) is 5.14 Å². The lowest BCUT2D eigenvalue weighted by molar-refractivity contribution is 0.415. The van der Waals surface area contributed by atoms with Crippen LogP contribution in [0.2, 0.25) is 0 Å². The van der Waals surface area contributed by atoms with E-state index in [4.69, 9.17) is 15.6 Å². The first-order chi connectivity index (χ1) is 9.81. The molecule has 8 heteroatoms. The van der Waals surface area contributed by atoms with Crippen LogP contribution in [0.1, 0.15) is 0 Å². The molecule has 0 radical (unpaired) electrons. The third kappa shape index (κ3) is 3.66. The van der Waals surface area contributed by atoms with Crippen LogP contribution in [-0.2, 0) is 10.0 Å². The lowest BCUT2D eigenvalue weighted by Crippen LogP contribution is -2.15. The molecule has 0 aliphatic rings. The zero-order valence-corrected chi connectivity index (χ0v) is 13.5. The molecule has 112 valence electrons. The van der Waals surface area contributed by atoms with Crippen molar-refractivity contribution < 1.29 is 13.2 Å². The summed E-state index contributed by atoms with van der Waals surface area (Å²) < 4.78 is 28.9. The van der Waals surface area contributed by atoms with Gasteiger partial charge in [-0.2, -0.15) is 0 Å². The van der Waals surface area contributed by atoms with Crippen molar-refractivity contribution in [3.05, 3.63) is 40.9 Å².